The van der Waals surface area contributed by atoms with Crippen molar-refractivity contribution in [3.05, 3.63) is 64.1 Å². The molecule has 1 aliphatic rings. The van der Waals surface area contributed by atoms with Crippen LogP contribution in [0, 0.1) is 11.3 Å². The number of fused-ring (bicyclic) bond motifs is 1. The number of rotatable bonds is 4. The van der Waals surface area contributed by atoms with Crippen molar-refractivity contribution in [2.24, 2.45) is 7.05 Å². The van der Waals surface area contributed by atoms with E-state index >= 15 is 0 Å². The summed E-state index contributed by atoms with van der Waals surface area (Å²) in [6.45, 7) is 8.24. The van der Waals surface area contributed by atoms with Crippen molar-refractivity contribution in [3.8, 4) is 11.8 Å². The minimum absolute atomic E-state index is 0.0760. The molecule has 1 unspecified atom stereocenters. The number of pyridine rings is 2. The second kappa shape index (κ2) is 8.64. The number of hydrogen-bond acceptors (Lipinski definition) is 6. The molecule has 0 spiro atoms. The maximum atomic E-state index is 12.7. The molecular weight excluding hydrogens is 402 g/mol. The first-order valence-corrected chi connectivity index (χ1v) is 10.9. The monoisotopic (exact) mass is 431 g/mol. The molecule has 32 heavy (non-hydrogen) atoms. The van der Waals surface area contributed by atoms with E-state index in [1.807, 2.05) is 18.2 Å². The molecule has 4 rings (SSSR count). The number of anilines is 1. The molecule has 0 radical (unpaired) electrons. The average Bonchev–Trinajstić information content (AvgIpc) is 2.82. The summed E-state index contributed by atoms with van der Waals surface area (Å²) in [5, 5.41) is 9.34. The molecule has 0 N–H and O–H groups in total. The van der Waals surface area contributed by atoms with Crippen LogP contribution in [0.4, 0.5) is 5.69 Å². The Labute approximate surface area is 188 Å². The zero-order valence-corrected chi connectivity index (χ0v) is 19.2. The SMILES string of the molecule is COc1ccc(C(C)N2C[C@H](C)N(c3cc(=O)n(C)c4ccc(C#N)nc34)C[C@H]2C)cc1. The first-order chi connectivity index (χ1) is 15.3. The molecule has 0 aliphatic carbocycles. The molecular formula is C25H29N5O2. The molecule has 3 aromatic rings. The van der Waals surface area contributed by atoms with Crippen molar-refractivity contribution in [1.82, 2.24) is 14.5 Å². The van der Waals surface area contributed by atoms with Crippen LogP contribution in [0.5, 0.6) is 5.75 Å². The number of aryl methyl sites for hydroxylation is 1. The first-order valence-electron chi connectivity index (χ1n) is 10.9. The highest BCUT2D eigenvalue weighted by Gasteiger charge is 2.33. The van der Waals surface area contributed by atoms with Gasteiger partial charge in [0.2, 0.25) is 0 Å². The van der Waals surface area contributed by atoms with Crippen molar-refractivity contribution in [2.45, 2.75) is 38.9 Å². The molecule has 2 aromatic heterocycles. The van der Waals surface area contributed by atoms with Crippen molar-refractivity contribution < 1.29 is 4.74 Å². The first kappa shape index (κ1) is 21.8. The predicted octanol–water partition coefficient (Wildman–Crippen LogP) is 3.47. The predicted molar refractivity (Wildman–Crippen MR) is 126 cm³/mol. The number of hydrogen-bond donors (Lipinski definition) is 0. The molecule has 1 fully saturated rings. The average molecular weight is 432 g/mol. The molecule has 3 heterocycles. The van der Waals surface area contributed by atoms with E-state index in [9.17, 15) is 10.1 Å². The molecule has 0 bridgehead atoms. The van der Waals surface area contributed by atoms with Crippen molar-refractivity contribution in [2.75, 3.05) is 25.1 Å². The Bertz CT molecular complexity index is 1230. The molecule has 1 saturated heterocycles. The Morgan fingerprint density at radius 3 is 2.50 bits per heavy atom. The van der Waals surface area contributed by atoms with E-state index in [2.05, 4.69) is 53.8 Å². The third-order valence-electron chi connectivity index (χ3n) is 6.62. The summed E-state index contributed by atoms with van der Waals surface area (Å²) in [5.74, 6) is 0.856. The fraction of sp³-hybridized carbons (Fsp3) is 0.400. The van der Waals surface area contributed by atoms with Crippen LogP contribution in [0.3, 0.4) is 0 Å². The number of ether oxygens (including phenoxy) is 1. The van der Waals surface area contributed by atoms with Crippen LogP contribution < -0.4 is 15.2 Å². The summed E-state index contributed by atoms with van der Waals surface area (Å²) in [4.78, 5) is 22.0. The second-order valence-corrected chi connectivity index (χ2v) is 8.60. The topological polar surface area (TPSA) is 74.4 Å². The zero-order chi connectivity index (χ0) is 23.0. The number of nitriles is 1. The van der Waals surface area contributed by atoms with Crippen LogP contribution in [0.2, 0.25) is 0 Å². The quantitative estimate of drug-likeness (QED) is 0.630. The fourth-order valence-electron chi connectivity index (χ4n) is 4.70. The molecule has 1 aromatic carbocycles. The van der Waals surface area contributed by atoms with Gasteiger partial charge in [-0.15, -0.1) is 0 Å². The smallest absolute Gasteiger partial charge is 0.252 e. The molecule has 7 nitrogen and oxygen atoms in total. The normalized spacial score (nSPS) is 20.2. The lowest BCUT2D eigenvalue weighted by molar-refractivity contribution is 0.119. The van der Waals surface area contributed by atoms with Gasteiger partial charge in [0.25, 0.3) is 5.56 Å². The summed E-state index contributed by atoms with van der Waals surface area (Å²) in [6, 6.07) is 16.2. The van der Waals surface area contributed by atoms with Gasteiger partial charge in [-0.3, -0.25) is 9.69 Å². The molecule has 0 amide bonds. The highest BCUT2D eigenvalue weighted by Crippen LogP contribution is 2.32. The Morgan fingerprint density at radius 1 is 1.12 bits per heavy atom. The second-order valence-electron chi connectivity index (χ2n) is 8.60. The van der Waals surface area contributed by atoms with E-state index in [0.29, 0.717) is 11.2 Å². The minimum Gasteiger partial charge on any atom is -0.497 e. The number of benzene rings is 1. The minimum atomic E-state index is -0.0760. The van der Waals surface area contributed by atoms with E-state index < -0.39 is 0 Å². The third-order valence-corrected chi connectivity index (χ3v) is 6.62. The number of methoxy groups -OCH3 is 1. The van der Waals surface area contributed by atoms with Gasteiger partial charge < -0.3 is 14.2 Å². The van der Waals surface area contributed by atoms with E-state index in [-0.39, 0.29) is 23.7 Å². The van der Waals surface area contributed by atoms with Gasteiger partial charge in [0, 0.05) is 44.3 Å². The molecule has 166 valence electrons. The fourth-order valence-corrected chi connectivity index (χ4v) is 4.70. The molecule has 1 aliphatic heterocycles. The van der Waals surface area contributed by atoms with E-state index in [1.54, 1.807) is 30.9 Å². The standard InChI is InChI=1S/C25H29N5O2/c1-16-15-30(17(2)14-29(16)18(3)19-6-9-21(32-5)10-7-19)23-12-24(31)28(4)22-11-8-20(13-26)27-25(22)23/h6-12,16-18H,14-15H2,1-5H3/t16-,17+,18?/m1/s1. The maximum Gasteiger partial charge on any atom is 0.252 e. The molecule has 0 saturated carbocycles. The lowest BCUT2D eigenvalue weighted by atomic mass is 10.00. The summed E-state index contributed by atoms with van der Waals surface area (Å²) in [6.07, 6.45) is 0. The summed E-state index contributed by atoms with van der Waals surface area (Å²) < 4.78 is 6.88. The van der Waals surface area contributed by atoms with Gasteiger partial charge in [0.05, 0.1) is 18.3 Å². The number of aromatic nitrogens is 2. The van der Waals surface area contributed by atoms with Crippen LogP contribution >= 0.6 is 0 Å². The van der Waals surface area contributed by atoms with Crippen LogP contribution in [-0.4, -0.2) is 46.7 Å². The number of piperazine rings is 1. The molecule has 7 heteroatoms. The zero-order valence-electron chi connectivity index (χ0n) is 19.2. The lowest BCUT2D eigenvalue weighted by Gasteiger charge is -2.47. The summed E-state index contributed by atoms with van der Waals surface area (Å²) >= 11 is 0. The van der Waals surface area contributed by atoms with Crippen LogP contribution in [0.1, 0.15) is 38.1 Å². The maximum absolute atomic E-state index is 12.7. The lowest BCUT2D eigenvalue weighted by Crippen LogP contribution is -2.57. The highest BCUT2D eigenvalue weighted by molar-refractivity contribution is 5.89. The van der Waals surface area contributed by atoms with Crippen molar-refractivity contribution in [3.63, 3.8) is 0 Å². The summed E-state index contributed by atoms with van der Waals surface area (Å²) in [7, 11) is 3.42. The van der Waals surface area contributed by atoms with E-state index in [0.717, 1.165) is 30.0 Å². The number of nitrogens with zero attached hydrogens (tertiary/aromatic N) is 5. The van der Waals surface area contributed by atoms with Crippen LogP contribution in [0.25, 0.3) is 11.0 Å². The van der Waals surface area contributed by atoms with Gasteiger partial charge in [0.1, 0.15) is 23.0 Å². The molecule has 3 atom stereocenters. The van der Waals surface area contributed by atoms with Gasteiger partial charge in [-0.05, 0) is 50.6 Å². The Morgan fingerprint density at radius 2 is 1.84 bits per heavy atom. The van der Waals surface area contributed by atoms with Crippen molar-refractivity contribution in [1.29, 1.82) is 5.26 Å². The Hall–Kier alpha value is -3.37. The Kier molecular flexibility index (Phi) is 5.90. The van der Waals surface area contributed by atoms with Gasteiger partial charge in [0.15, 0.2) is 0 Å². The third kappa shape index (κ3) is 3.82. The highest BCUT2D eigenvalue weighted by atomic mass is 16.5. The van der Waals surface area contributed by atoms with E-state index in [1.165, 1.54) is 5.56 Å². The van der Waals surface area contributed by atoms with Gasteiger partial charge in [-0.25, -0.2) is 4.98 Å². The van der Waals surface area contributed by atoms with Crippen molar-refractivity contribution >= 4 is 16.7 Å². The van der Waals surface area contributed by atoms with Crippen LogP contribution in [0.15, 0.2) is 47.3 Å². The van der Waals surface area contributed by atoms with Crippen LogP contribution in [-0.2, 0) is 7.05 Å². The largest absolute Gasteiger partial charge is 0.497 e. The van der Waals surface area contributed by atoms with Gasteiger partial charge >= 0.3 is 0 Å². The van der Waals surface area contributed by atoms with E-state index in [4.69, 9.17) is 4.74 Å². The van der Waals surface area contributed by atoms with Gasteiger partial charge in [-0.2, -0.15) is 5.26 Å². The Balaban J connectivity index is 1.66. The van der Waals surface area contributed by atoms with Gasteiger partial charge in [-0.1, -0.05) is 12.1 Å². The summed E-state index contributed by atoms with van der Waals surface area (Å²) in [5.41, 5.74) is 3.76.